The fourth-order valence-corrected chi connectivity index (χ4v) is 4.33. The van der Waals surface area contributed by atoms with Crippen LogP contribution in [0.5, 0.6) is 0 Å². The largest absolute Gasteiger partial charge is 0.346 e. The Kier molecular flexibility index (Phi) is 4.41. The van der Waals surface area contributed by atoms with E-state index in [1.54, 1.807) is 0 Å². The molecule has 1 fully saturated rings. The molecule has 1 aliphatic heterocycles. The van der Waals surface area contributed by atoms with E-state index in [4.69, 9.17) is 0 Å². The number of hydrogen-bond acceptors (Lipinski definition) is 4. The van der Waals surface area contributed by atoms with Crippen molar-refractivity contribution >= 4 is 28.2 Å². The average molecular weight is 319 g/mol. The summed E-state index contributed by atoms with van der Waals surface area (Å²) in [5.41, 5.74) is 1.76. The van der Waals surface area contributed by atoms with Crippen molar-refractivity contribution in [3.8, 4) is 6.07 Å². The van der Waals surface area contributed by atoms with E-state index in [1.165, 1.54) is 16.2 Å². The van der Waals surface area contributed by atoms with Crippen molar-refractivity contribution in [1.29, 1.82) is 5.26 Å². The van der Waals surface area contributed by atoms with Gasteiger partial charge in [-0.3, -0.25) is 9.59 Å². The maximum absolute atomic E-state index is 12.2. The second-order valence-corrected chi connectivity index (χ2v) is 6.88. The number of carbonyl (C=O) groups is 2. The van der Waals surface area contributed by atoms with Gasteiger partial charge >= 0.3 is 0 Å². The van der Waals surface area contributed by atoms with Crippen molar-refractivity contribution in [3.63, 3.8) is 0 Å². The number of rotatable bonds is 3. The number of nitrogens with zero attached hydrogens (tertiary/aromatic N) is 1. The molecule has 7 heteroatoms. The molecule has 116 valence electrons. The molecule has 2 heterocycles. The third-order valence-electron chi connectivity index (χ3n) is 4.16. The van der Waals surface area contributed by atoms with Crippen LogP contribution in [-0.4, -0.2) is 38.0 Å². The first-order valence-electron chi connectivity index (χ1n) is 7.62. The smallest absolute Gasteiger partial charge is 0.280 e. The molecule has 1 unspecified atom stereocenters. The number of hydrogen-bond donors (Lipinski definition) is 3. The molecule has 22 heavy (non-hydrogen) atoms. The first kappa shape index (κ1) is 15.0. The monoisotopic (exact) mass is 319 g/mol. The molecular formula is C15H19N4O2S+. The number of piperazine rings is 1. The van der Waals surface area contributed by atoms with Crippen molar-refractivity contribution in [3.05, 3.63) is 16.0 Å². The Balaban J connectivity index is 1.68. The van der Waals surface area contributed by atoms with Gasteiger partial charge in [-0.2, -0.15) is 5.26 Å². The quantitative estimate of drug-likeness (QED) is 0.699. The van der Waals surface area contributed by atoms with E-state index in [2.05, 4.69) is 16.7 Å². The SMILES string of the molecule is N#Cc1c(NC(=O)C[NH+]2CCNC(=O)C2)sc2c1CCCC2. The van der Waals surface area contributed by atoms with Gasteiger partial charge in [0.1, 0.15) is 11.1 Å². The van der Waals surface area contributed by atoms with E-state index in [9.17, 15) is 14.9 Å². The molecule has 1 aliphatic carbocycles. The number of amides is 2. The minimum absolute atomic E-state index is 0.0154. The van der Waals surface area contributed by atoms with Crippen LogP contribution in [0, 0.1) is 11.3 Å². The van der Waals surface area contributed by atoms with Gasteiger partial charge in [-0.25, -0.2) is 0 Å². The zero-order valence-electron chi connectivity index (χ0n) is 12.3. The summed E-state index contributed by atoms with van der Waals surface area (Å²) < 4.78 is 0. The van der Waals surface area contributed by atoms with Gasteiger partial charge in [0.2, 0.25) is 0 Å². The Hall–Kier alpha value is -1.91. The first-order valence-corrected chi connectivity index (χ1v) is 8.44. The van der Waals surface area contributed by atoms with E-state index in [0.29, 0.717) is 23.7 Å². The van der Waals surface area contributed by atoms with Crippen molar-refractivity contribution in [2.24, 2.45) is 0 Å². The molecule has 0 aromatic carbocycles. The summed E-state index contributed by atoms with van der Waals surface area (Å²) in [5.74, 6) is -0.141. The molecule has 0 radical (unpaired) electrons. The lowest BCUT2D eigenvalue weighted by Gasteiger charge is -2.22. The maximum Gasteiger partial charge on any atom is 0.280 e. The fraction of sp³-hybridized carbons (Fsp3) is 0.533. The molecule has 0 bridgehead atoms. The average Bonchev–Trinajstić information content (AvgIpc) is 2.83. The van der Waals surface area contributed by atoms with E-state index < -0.39 is 0 Å². The number of anilines is 1. The second kappa shape index (κ2) is 6.46. The Bertz CT molecular complexity index is 647. The minimum Gasteiger partial charge on any atom is -0.346 e. The summed E-state index contributed by atoms with van der Waals surface area (Å²) in [5, 5.41) is 15.7. The zero-order chi connectivity index (χ0) is 15.5. The van der Waals surface area contributed by atoms with Crippen LogP contribution in [0.15, 0.2) is 0 Å². The molecule has 1 aromatic rings. The Morgan fingerprint density at radius 2 is 2.23 bits per heavy atom. The normalized spacial score (nSPS) is 20.7. The number of carbonyl (C=O) groups excluding carboxylic acids is 2. The summed E-state index contributed by atoms with van der Waals surface area (Å²) in [4.78, 5) is 25.7. The van der Waals surface area contributed by atoms with E-state index in [-0.39, 0.29) is 18.4 Å². The van der Waals surface area contributed by atoms with Crippen LogP contribution >= 0.6 is 11.3 Å². The molecule has 1 aromatic heterocycles. The molecule has 2 amide bonds. The number of thiophene rings is 1. The summed E-state index contributed by atoms with van der Waals surface area (Å²) in [6.45, 7) is 1.96. The molecule has 0 saturated carbocycles. The van der Waals surface area contributed by atoms with Gasteiger partial charge in [0, 0.05) is 4.88 Å². The molecule has 1 saturated heterocycles. The molecule has 3 N–H and O–H groups in total. The maximum atomic E-state index is 12.2. The summed E-state index contributed by atoms with van der Waals surface area (Å²) >= 11 is 1.53. The lowest BCUT2D eigenvalue weighted by Crippen LogP contribution is -3.16. The van der Waals surface area contributed by atoms with Crippen LogP contribution in [0.2, 0.25) is 0 Å². The standard InChI is InChI=1S/C15H18N4O2S/c16-7-11-10-3-1-2-4-12(10)22-15(11)18-14(21)9-19-6-5-17-13(20)8-19/h1-6,8-9H2,(H,17,20)(H,18,21)/p+1. The molecule has 0 spiro atoms. The third-order valence-corrected chi connectivity index (χ3v) is 5.37. The third kappa shape index (κ3) is 3.13. The van der Waals surface area contributed by atoms with E-state index in [1.807, 2.05) is 0 Å². The second-order valence-electron chi connectivity index (χ2n) is 5.78. The number of aryl methyl sites for hydroxylation is 1. The highest BCUT2D eigenvalue weighted by atomic mass is 32.1. The van der Waals surface area contributed by atoms with Gasteiger partial charge in [-0.15, -0.1) is 11.3 Å². The lowest BCUT2D eigenvalue weighted by atomic mass is 9.96. The van der Waals surface area contributed by atoms with Gasteiger partial charge in [0.15, 0.2) is 13.1 Å². The summed E-state index contributed by atoms with van der Waals surface area (Å²) in [6.07, 6.45) is 4.20. The Morgan fingerprint density at radius 3 is 3.00 bits per heavy atom. The fourth-order valence-electron chi connectivity index (χ4n) is 3.08. The number of nitrogens with one attached hydrogen (secondary N) is 3. The van der Waals surface area contributed by atoms with Crippen molar-refractivity contribution in [2.75, 3.05) is 31.5 Å². The van der Waals surface area contributed by atoms with Crippen LogP contribution in [0.25, 0.3) is 0 Å². The van der Waals surface area contributed by atoms with Gasteiger partial charge in [-0.05, 0) is 31.2 Å². The highest BCUT2D eigenvalue weighted by molar-refractivity contribution is 7.16. The van der Waals surface area contributed by atoms with Gasteiger partial charge in [0.05, 0.1) is 18.7 Å². The first-order chi connectivity index (χ1) is 10.7. The zero-order valence-corrected chi connectivity index (χ0v) is 13.1. The van der Waals surface area contributed by atoms with E-state index >= 15 is 0 Å². The summed E-state index contributed by atoms with van der Waals surface area (Å²) in [6, 6.07) is 2.24. The van der Waals surface area contributed by atoms with Gasteiger partial charge in [0.25, 0.3) is 11.8 Å². The van der Waals surface area contributed by atoms with Crippen molar-refractivity contribution in [1.82, 2.24) is 5.32 Å². The number of fused-ring (bicyclic) bond motifs is 1. The van der Waals surface area contributed by atoms with E-state index in [0.717, 1.165) is 42.7 Å². The molecule has 1 atom stereocenters. The minimum atomic E-state index is -0.125. The predicted molar refractivity (Wildman–Crippen MR) is 82.9 cm³/mol. The van der Waals surface area contributed by atoms with Crippen molar-refractivity contribution in [2.45, 2.75) is 25.7 Å². The Labute approximate surface area is 133 Å². The van der Waals surface area contributed by atoms with Gasteiger partial charge in [-0.1, -0.05) is 0 Å². The lowest BCUT2D eigenvalue weighted by molar-refractivity contribution is -0.885. The van der Waals surface area contributed by atoms with Crippen LogP contribution in [0.1, 0.15) is 28.8 Å². The molecule has 3 rings (SSSR count). The summed E-state index contributed by atoms with van der Waals surface area (Å²) in [7, 11) is 0. The predicted octanol–water partition coefficient (Wildman–Crippen LogP) is -0.548. The molecular weight excluding hydrogens is 300 g/mol. The topological polar surface area (TPSA) is 86.4 Å². The highest BCUT2D eigenvalue weighted by Gasteiger charge is 2.25. The molecule has 2 aliphatic rings. The van der Waals surface area contributed by atoms with Crippen LogP contribution in [0.3, 0.4) is 0 Å². The molecule has 6 nitrogen and oxygen atoms in total. The van der Waals surface area contributed by atoms with Crippen LogP contribution in [-0.2, 0) is 22.4 Å². The highest BCUT2D eigenvalue weighted by Crippen LogP contribution is 2.37. The van der Waals surface area contributed by atoms with Crippen LogP contribution in [0.4, 0.5) is 5.00 Å². The van der Waals surface area contributed by atoms with Crippen molar-refractivity contribution < 1.29 is 14.5 Å². The van der Waals surface area contributed by atoms with Crippen LogP contribution < -0.4 is 15.5 Å². The number of nitriles is 1. The van der Waals surface area contributed by atoms with Gasteiger partial charge < -0.3 is 15.5 Å². The Morgan fingerprint density at radius 1 is 1.41 bits per heavy atom. The number of quaternary nitrogens is 1.